The maximum Gasteiger partial charge on any atom is 0.103 e. The SMILES string of the molecule is CC(C)C(C)N(C)c1ccc(C(N)=S)cc1. The van der Waals surface area contributed by atoms with Crippen LogP contribution in [0.5, 0.6) is 0 Å². The molecule has 1 aromatic carbocycles. The molecular weight excluding hydrogens is 216 g/mol. The highest BCUT2D eigenvalue weighted by molar-refractivity contribution is 7.80. The van der Waals surface area contributed by atoms with Crippen molar-refractivity contribution in [1.29, 1.82) is 0 Å². The molecule has 1 rings (SSSR count). The molecule has 16 heavy (non-hydrogen) atoms. The number of nitrogens with two attached hydrogens (primary N) is 1. The summed E-state index contributed by atoms with van der Waals surface area (Å²) in [6, 6.07) is 8.58. The Hall–Kier alpha value is -1.09. The van der Waals surface area contributed by atoms with E-state index in [9.17, 15) is 0 Å². The van der Waals surface area contributed by atoms with Crippen molar-refractivity contribution in [1.82, 2.24) is 0 Å². The molecule has 0 amide bonds. The highest BCUT2D eigenvalue weighted by atomic mass is 32.1. The van der Waals surface area contributed by atoms with E-state index in [0.717, 1.165) is 5.56 Å². The van der Waals surface area contributed by atoms with Crippen LogP contribution in [0, 0.1) is 5.92 Å². The minimum absolute atomic E-state index is 0.450. The van der Waals surface area contributed by atoms with Crippen LogP contribution in [-0.4, -0.2) is 18.1 Å². The molecule has 2 N–H and O–H groups in total. The molecule has 1 aromatic rings. The number of benzene rings is 1. The van der Waals surface area contributed by atoms with Gasteiger partial charge in [0.1, 0.15) is 4.99 Å². The molecule has 0 aliphatic heterocycles. The lowest BCUT2D eigenvalue weighted by atomic mass is 10.0. The third-order valence-corrected chi connectivity index (χ3v) is 3.37. The first kappa shape index (κ1) is 13.0. The Morgan fingerprint density at radius 2 is 1.69 bits per heavy atom. The van der Waals surface area contributed by atoms with Gasteiger partial charge in [-0.1, -0.05) is 26.1 Å². The zero-order valence-electron chi connectivity index (χ0n) is 10.4. The zero-order valence-corrected chi connectivity index (χ0v) is 11.2. The van der Waals surface area contributed by atoms with Gasteiger partial charge in [0.25, 0.3) is 0 Å². The summed E-state index contributed by atoms with van der Waals surface area (Å²) in [4.78, 5) is 2.72. The second-order valence-electron chi connectivity index (χ2n) is 4.51. The molecule has 0 bridgehead atoms. The van der Waals surface area contributed by atoms with Crippen LogP contribution in [-0.2, 0) is 0 Å². The van der Waals surface area contributed by atoms with Gasteiger partial charge in [-0.2, -0.15) is 0 Å². The minimum Gasteiger partial charge on any atom is -0.389 e. The second-order valence-corrected chi connectivity index (χ2v) is 4.95. The van der Waals surface area contributed by atoms with E-state index in [2.05, 4.69) is 44.9 Å². The average molecular weight is 236 g/mol. The normalized spacial score (nSPS) is 12.6. The van der Waals surface area contributed by atoms with Gasteiger partial charge in [0.15, 0.2) is 0 Å². The molecule has 0 heterocycles. The first-order valence-corrected chi connectivity index (χ1v) is 5.97. The number of nitrogens with zero attached hydrogens (tertiary/aromatic N) is 1. The van der Waals surface area contributed by atoms with E-state index in [1.54, 1.807) is 0 Å². The van der Waals surface area contributed by atoms with Crippen LogP contribution < -0.4 is 10.6 Å². The molecule has 0 aliphatic carbocycles. The Kier molecular flexibility index (Phi) is 4.30. The number of anilines is 1. The number of rotatable bonds is 4. The van der Waals surface area contributed by atoms with Crippen LogP contribution in [0.4, 0.5) is 5.69 Å². The third-order valence-electron chi connectivity index (χ3n) is 3.13. The zero-order chi connectivity index (χ0) is 12.3. The van der Waals surface area contributed by atoms with E-state index in [1.807, 2.05) is 12.1 Å². The van der Waals surface area contributed by atoms with Gasteiger partial charge in [-0.3, -0.25) is 0 Å². The Balaban J connectivity index is 2.85. The van der Waals surface area contributed by atoms with Crippen LogP contribution >= 0.6 is 12.2 Å². The van der Waals surface area contributed by atoms with Crippen molar-refractivity contribution in [3.05, 3.63) is 29.8 Å². The molecule has 0 spiro atoms. The Labute approximate surface area is 103 Å². The molecule has 0 fully saturated rings. The van der Waals surface area contributed by atoms with Gasteiger partial charge in [-0.25, -0.2) is 0 Å². The molecule has 2 nitrogen and oxygen atoms in total. The summed E-state index contributed by atoms with van der Waals surface area (Å²) in [7, 11) is 2.11. The number of hydrogen-bond donors (Lipinski definition) is 1. The van der Waals surface area contributed by atoms with Gasteiger partial charge in [-0.15, -0.1) is 0 Å². The smallest absolute Gasteiger partial charge is 0.103 e. The molecule has 0 aromatic heterocycles. The molecule has 0 aliphatic rings. The topological polar surface area (TPSA) is 29.3 Å². The molecule has 0 radical (unpaired) electrons. The molecule has 1 unspecified atom stereocenters. The summed E-state index contributed by atoms with van der Waals surface area (Å²) in [6.07, 6.45) is 0. The fraction of sp³-hybridized carbons (Fsp3) is 0.462. The van der Waals surface area contributed by atoms with Gasteiger partial charge >= 0.3 is 0 Å². The lowest BCUT2D eigenvalue weighted by Crippen LogP contribution is -2.33. The van der Waals surface area contributed by atoms with Crippen molar-refractivity contribution in [2.24, 2.45) is 11.7 Å². The van der Waals surface area contributed by atoms with E-state index in [4.69, 9.17) is 18.0 Å². The van der Waals surface area contributed by atoms with Crippen molar-refractivity contribution in [3.63, 3.8) is 0 Å². The summed E-state index contributed by atoms with van der Waals surface area (Å²) in [5.74, 6) is 0.625. The molecule has 1 atom stereocenters. The summed E-state index contributed by atoms with van der Waals surface area (Å²) in [5.41, 5.74) is 7.68. The maximum absolute atomic E-state index is 5.57. The van der Waals surface area contributed by atoms with Gasteiger partial charge in [-0.05, 0) is 37.1 Å². The van der Waals surface area contributed by atoms with Crippen molar-refractivity contribution in [3.8, 4) is 0 Å². The van der Waals surface area contributed by atoms with Gasteiger partial charge in [0.2, 0.25) is 0 Å². The molecular formula is C13H20N2S. The van der Waals surface area contributed by atoms with E-state index in [0.29, 0.717) is 16.9 Å². The third kappa shape index (κ3) is 2.95. The standard InChI is InChI=1S/C13H20N2S/c1-9(2)10(3)15(4)12-7-5-11(6-8-12)13(14)16/h5-10H,1-4H3,(H2,14,16). The van der Waals surface area contributed by atoms with E-state index < -0.39 is 0 Å². The Bertz CT molecular complexity index is 357. The first-order chi connectivity index (χ1) is 7.43. The quantitative estimate of drug-likeness (QED) is 0.815. The van der Waals surface area contributed by atoms with Crippen LogP contribution in [0.15, 0.2) is 24.3 Å². The number of hydrogen-bond acceptors (Lipinski definition) is 2. The largest absolute Gasteiger partial charge is 0.389 e. The molecule has 0 saturated carbocycles. The van der Waals surface area contributed by atoms with Gasteiger partial charge in [0, 0.05) is 24.3 Å². The fourth-order valence-electron chi connectivity index (χ4n) is 1.54. The molecule has 88 valence electrons. The van der Waals surface area contributed by atoms with Crippen molar-refractivity contribution < 1.29 is 0 Å². The predicted octanol–water partition coefficient (Wildman–Crippen LogP) is 2.80. The Morgan fingerprint density at radius 1 is 1.19 bits per heavy atom. The average Bonchev–Trinajstić information content (AvgIpc) is 2.27. The predicted molar refractivity (Wildman–Crippen MR) is 75.0 cm³/mol. The van der Waals surface area contributed by atoms with Crippen LogP contribution in [0.2, 0.25) is 0 Å². The van der Waals surface area contributed by atoms with Gasteiger partial charge in [0.05, 0.1) is 0 Å². The summed E-state index contributed by atoms with van der Waals surface area (Å²) < 4.78 is 0. The summed E-state index contributed by atoms with van der Waals surface area (Å²) in [5, 5.41) is 0. The van der Waals surface area contributed by atoms with Crippen LogP contribution in [0.1, 0.15) is 26.3 Å². The fourth-order valence-corrected chi connectivity index (χ4v) is 1.68. The summed E-state index contributed by atoms with van der Waals surface area (Å²) in [6.45, 7) is 6.68. The Morgan fingerprint density at radius 3 is 2.06 bits per heavy atom. The van der Waals surface area contributed by atoms with Crippen LogP contribution in [0.25, 0.3) is 0 Å². The first-order valence-electron chi connectivity index (χ1n) is 5.56. The maximum atomic E-state index is 5.57. The van der Waals surface area contributed by atoms with E-state index in [-0.39, 0.29) is 0 Å². The van der Waals surface area contributed by atoms with Crippen molar-refractivity contribution >= 4 is 22.9 Å². The second kappa shape index (κ2) is 5.30. The van der Waals surface area contributed by atoms with Gasteiger partial charge < -0.3 is 10.6 Å². The highest BCUT2D eigenvalue weighted by Crippen LogP contribution is 2.19. The van der Waals surface area contributed by atoms with Crippen molar-refractivity contribution in [2.75, 3.05) is 11.9 Å². The lowest BCUT2D eigenvalue weighted by molar-refractivity contribution is 0.505. The highest BCUT2D eigenvalue weighted by Gasteiger charge is 2.13. The molecule has 3 heteroatoms. The lowest BCUT2D eigenvalue weighted by Gasteiger charge is -2.30. The number of thiocarbonyl (C=S) groups is 1. The van der Waals surface area contributed by atoms with Crippen LogP contribution in [0.3, 0.4) is 0 Å². The van der Waals surface area contributed by atoms with E-state index >= 15 is 0 Å². The minimum atomic E-state index is 0.450. The van der Waals surface area contributed by atoms with Crippen molar-refractivity contribution in [2.45, 2.75) is 26.8 Å². The molecule has 0 saturated heterocycles. The summed E-state index contributed by atoms with van der Waals surface area (Å²) >= 11 is 4.93. The van der Waals surface area contributed by atoms with E-state index in [1.165, 1.54) is 5.69 Å². The monoisotopic (exact) mass is 236 g/mol.